The van der Waals surface area contributed by atoms with Gasteiger partial charge in [0.15, 0.2) is 11.3 Å². The molecule has 0 aliphatic heterocycles. The Labute approximate surface area is 236 Å². The van der Waals surface area contributed by atoms with Gasteiger partial charge in [0.2, 0.25) is 0 Å². The van der Waals surface area contributed by atoms with E-state index in [9.17, 15) is 4.79 Å². The van der Waals surface area contributed by atoms with Crippen LogP contribution in [0, 0.1) is 0 Å². The third-order valence-electron chi connectivity index (χ3n) is 5.77. The predicted molar refractivity (Wildman–Crippen MR) is 156 cm³/mol. The Morgan fingerprint density at radius 2 is 1.64 bits per heavy atom. The number of benzene rings is 3. The minimum Gasteiger partial charge on any atom is -0.362 e. The van der Waals surface area contributed by atoms with Crippen LogP contribution in [-0.4, -0.2) is 30.8 Å². The first-order chi connectivity index (χ1) is 17.1. The summed E-state index contributed by atoms with van der Waals surface area (Å²) in [5, 5.41) is 8.51. The van der Waals surface area contributed by atoms with E-state index in [-0.39, 0.29) is 16.9 Å². The van der Waals surface area contributed by atoms with Crippen molar-refractivity contribution in [2.45, 2.75) is 25.4 Å². The van der Waals surface area contributed by atoms with Crippen molar-refractivity contribution >= 4 is 75.3 Å². The second-order valence-corrected chi connectivity index (χ2v) is 10.3. The fraction of sp³-hybridized carbons (Fsp3) is 0.231. The quantitative estimate of drug-likeness (QED) is 0.211. The fourth-order valence-electron chi connectivity index (χ4n) is 3.79. The summed E-state index contributed by atoms with van der Waals surface area (Å²) in [6.45, 7) is 2.51. The molecule has 190 valence electrons. The van der Waals surface area contributed by atoms with E-state index in [0.29, 0.717) is 38.7 Å². The topological polar surface area (TPSA) is 70.4 Å². The summed E-state index contributed by atoms with van der Waals surface area (Å²) >= 11 is 30.2. The number of carbonyl (C=O) groups is 1. The molecule has 0 fully saturated rings. The van der Waals surface area contributed by atoms with Gasteiger partial charge >= 0.3 is 0 Å². The second kappa shape index (κ2) is 13.0. The number of amides is 1. The molecule has 3 rings (SSSR count). The molecule has 5 nitrogen and oxygen atoms in total. The molecule has 3 aromatic carbocycles. The van der Waals surface area contributed by atoms with Crippen molar-refractivity contribution in [1.82, 2.24) is 10.6 Å². The first-order valence-corrected chi connectivity index (χ1v) is 13.1. The lowest BCUT2D eigenvalue weighted by Gasteiger charge is -2.27. The van der Waals surface area contributed by atoms with Gasteiger partial charge in [0.1, 0.15) is 0 Å². The van der Waals surface area contributed by atoms with E-state index >= 15 is 0 Å². The van der Waals surface area contributed by atoms with Crippen LogP contribution in [0.4, 0.5) is 5.69 Å². The average molecular weight is 584 g/mol. The summed E-state index contributed by atoms with van der Waals surface area (Å²) in [7, 11) is 1.66. The molecule has 0 aromatic heterocycles. The van der Waals surface area contributed by atoms with Gasteiger partial charge in [-0.15, -0.1) is 0 Å². The summed E-state index contributed by atoms with van der Waals surface area (Å²) in [4.78, 5) is 14.7. The standard InChI is InChI=1S/C26H26Cl4N4OS/c1-15(19-5-3-4-6-21(19)29)20-13-17(27)9-10-23(20)34(2)25(35)24(31)33-26(36)32-12-11-16-7-8-18(28)14-22(16)30/h3-10,13-15,24H,11-12,31H2,1-2H3,(H2,32,33,36). The molecule has 2 atom stereocenters. The molecule has 3 aromatic rings. The maximum Gasteiger partial charge on any atom is 0.264 e. The molecule has 1 amide bonds. The molecule has 0 radical (unpaired) electrons. The summed E-state index contributed by atoms with van der Waals surface area (Å²) in [6, 6.07) is 18.3. The summed E-state index contributed by atoms with van der Waals surface area (Å²) < 4.78 is 0. The number of halogens is 4. The minimum atomic E-state index is -1.06. The number of rotatable bonds is 8. The van der Waals surface area contributed by atoms with Crippen LogP contribution in [0.5, 0.6) is 0 Å². The number of carbonyl (C=O) groups excluding carboxylic acids is 1. The van der Waals surface area contributed by atoms with Gasteiger partial charge in [-0.3, -0.25) is 4.79 Å². The lowest BCUT2D eigenvalue weighted by Crippen LogP contribution is -2.55. The van der Waals surface area contributed by atoms with Crippen LogP contribution in [0.1, 0.15) is 29.5 Å². The highest BCUT2D eigenvalue weighted by atomic mass is 35.5. The molecule has 2 unspecified atom stereocenters. The summed E-state index contributed by atoms with van der Waals surface area (Å²) in [5.74, 6) is -0.482. The van der Waals surface area contributed by atoms with Gasteiger partial charge in [0.25, 0.3) is 5.91 Å². The lowest BCUT2D eigenvalue weighted by molar-refractivity contribution is -0.119. The number of hydrogen-bond acceptors (Lipinski definition) is 3. The number of thiocarbonyl (C=S) groups is 1. The molecule has 0 spiro atoms. The molecule has 4 N–H and O–H groups in total. The largest absolute Gasteiger partial charge is 0.362 e. The molecular formula is C26H26Cl4N4OS. The van der Waals surface area contributed by atoms with E-state index in [4.69, 9.17) is 64.4 Å². The first kappa shape index (κ1) is 28.5. The van der Waals surface area contributed by atoms with Crippen molar-refractivity contribution in [3.8, 4) is 0 Å². The number of nitrogens with zero attached hydrogens (tertiary/aromatic N) is 1. The van der Waals surface area contributed by atoms with Crippen molar-refractivity contribution in [3.05, 3.63) is 97.4 Å². The third kappa shape index (κ3) is 7.25. The van der Waals surface area contributed by atoms with Crippen LogP contribution in [0.25, 0.3) is 0 Å². The van der Waals surface area contributed by atoms with Gasteiger partial charge < -0.3 is 21.3 Å². The SMILES string of the molecule is CC(c1ccccc1Cl)c1cc(Cl)ccc1N(C)C(=O)C(N)NC(=S)NCCc1ccc(Cl)cc1Cl. The highest BCUT2D eigenvalue weighted by Crippen LogP contribution is 2.36. The monoisotopic (exact) mass is 582 g/mol. The predicted octanol–water partition coefficient (Wildman–Crippen LogP) is 6.41. The summed E-state index contributed by atoms with van der Waals surface area (Å²) in [5.41, 5.74) is 9.53. The number of likely N-dealkylation sites (N-methyl/N-ethyl adjacent to an activating group) is 1. The normalized spacial score (nSPS) is 12.5. The highest BCUT2D eigenvalue weighted by molar-refractivity contribution is 7.80. The molecule has 0 heterocycles. The Morgan fingerprint density at radius 1 is 0.972 bits per heavy atom. The number of anilines is 1. The smallest absolute Gasteiger partial charge is 0.264 e. The number of nitrogens with one attached hydrogen (secondary N) is 2. The highest BCUT2D eigenvalue weighted by Gasteiger charge is 2.24. The van der Waals surface area contributed by atoms with E-state index in [1.807, 2.05) is 43.3 Å². The van der Waals surface area contributed by atoms with Gasteiger partial charge in [-0.05, 0) is 71.7 Å². The molecule has 10 heteroatoms. The van der Waals surface area contributed by atoms with Gasteiger partial charge in [-0.25, -0.2) is 0 Å². The molecular weight excluding hydrogens is 558 g/mol. The number of hydrogen-bond donors (Lipinski definition) is 3. The van der Waals surface area contributed by atoms with Crippen molar-refractivity contribution in [3.63, 3.8) is 0 Å². The fourth-order valence-corrected chi connectivity index (χ4v) is 5.00. The van der Waals surface area contributed by atoms with Crippen LogP contribution in [-0.2, 0) is 11.2 Å². The van der Waals surface area contributed by atoms with Gasteiger partial charge in [0.05, 0.1) is 0 Å². The van der Waals surface area contributed by atoms with Crippen LogP contribution in [0.3, 0.4) is 0 Å². The van der Waals surface area contributed by atoms with E-state index in [1.165, 1.54) is 4.90 Å². The summed E-state index contributed by atoms with van der Waals surface area (Å²) in [6.07, 6.45) is -0.442. The first-order valence-electron chi connectivity index (χ1n) is 11.1. The van der Waals surface area contributed by atoms with Crippen molar-refractivity contribution in [1.29, 1.82) is 0 Å². The van der Waals surface area contributed by atoms with Gasteiger partial charge in [-0.2, -0.15) is 0 Å². The molecule has 36 heavy (non-hydrogen) atoms. The molecule has 0 aliphatic carbocycles. The van der Waals surface area contributed by atoms with Crippen molar-refractivity contribution < 1.29 is 4.79 Å². The molecule has 0 bridgehead atoms. The van der Waals surface area contributed by atoms with E-state index < -0.39 is 6.17 Å². The van der Waals surface area contributed by atoms with Crippen molar-refractivity contribution in [2.24, 2.45) is 5.73 Å². The Balaban J connectivity index is 1.66. The van der Waals surface area contributed by atoms with E-state index in [0.717, 1.165) is 16.7 Å². The molecule has 0 aliphatic rings. The minimum absolute atomic E-state index is 0.116. The van der Waals surface area contributed by atoms with Crippen molar-refractivity contribution in [2.75, 3.05) is 18.5 Å². The Bertz CT molecular complexity index is 1260. The van der Waals surface area contributed by atoms with E-state index in [2.05, 4.69) is 10.6 Å². The zero-order chi connectivity index (χ0) is 26.4. The van der Waals surface area contributed by atoms with E-state index in [1.54, 1.807) is 31.3 Å². The van der Waals surface area contributed by atoms with Crippen LogP contribution in [0.15, 0.2) is 60.7 Å². The molecule has 0 saturated carbocycles. The Kier molecular flexibility index (Phi) is 10.3. The lowest BCUT2D eigenvalue weighted by atomic mass is 9.91. The third-order valence-corrected chi connectivity index (χ3v) is 7.20. The average Bonchev–Trinajstić information content (AvgIpc) is 2.84. The second-order valence-electron chi connectivity index (χ2n) is 8.21. The van der Waals surface area contributed by atoms with Crippen LogP contribution < -0.4 is 21.3 Å². The maximum atomic E-state index is 13.2. The van der Waals surface area contributed by atoms with Gasteiger partial charge in [0, 0.05) is 45.3 Å². The maximum absolute atomic E-state index is 13.2. The van der Waals surface area contributed by atoms with Gasteiger partial charge in [-0.1, -0.05) is 77.6 Å². The van der Waals surface area contributed by atoms with Crippen LogP contribution in [0.2, 0.25) is 20.1 Å². The Morgan fingerprint density at radius 3 is 2.33 bits per heavy atom. The molecule has 0 saturated heterocycles. The zero-order valence-corrected chi connectivity index (χ0v) is 23.5. The zero-order valence-electron chi connectivity index (χ0n) is 19.7. The number of nitrogens with two attached hydrogens (primary N) is 1. The Hall–Kier alpha value is -2.06. The van der Waals surface area contributed by atoms with Crippen LogP contribution >= 0.6 is 58.6 Å².